The van der Waals surface area contributed by atoms with E-state index in [-0.39, 0.29) is 0 Å². The summed E-state index contributed by atoms with van der Waals surface area (Å²) in [5, 5.41) is 3.28. The maximum Gasteiger partial charge on any atom is 0.209 e. The quantitative estimate of drug-likeness (QED) is 0.347. The Balaban J connectivity index is 3.33. The largest absolute Gasteiger partial charge is 0.345 e. The van der Waals surface area contributed by atoms with Crippen LogP contribution < -0.4 is 5.32 Å². The van der Waals surface area contributed by atoms with Crippen LogP contribution in [0.25, 0.3) is 0 Å². The van der Waals surface area contributed by atoms with Gasteiger partial charge < -0.3 is 10.2 Å². The van der Waals surface area contributed by atoms with Gasteiger partial charge in [0.25, 0.3) is 0 Å². The molecule has 0 rings (SSSR count). The van der Waals surface area contributed by atoms with Gasteiger partial charge in [0.05, 0.1) is 0 Å². The van der Waals surface area contributed by atoms with Crippen molar-refractivity contribution in [2.45, 2.75) is 26.3 Å². The summed E-state index contributed by atoms with van der Waals surface area (Å²) in [5.41, 5.74) is 0. The zero-order chi connectivity index (χ0) is 10.1. The Bertz CT molecular complexity index is 148. The molecule has 1 N–H and O–H groups in total. The van der Waals surface area contributed by atoms with Crippen molar-refractivity contribution < 1.29 is 4.79 Å². The molecule has 0 radical (unpaired) electrons. The van der Waals surface area contributed by atoms with Crippen molar-refractivity contribution in [3.63, 3.8) is 0 Å². The van der Waals surface area contributed by atoms with Crippen LogP contribution in [0.4, 0.5) is 0 Å². The Labute approximate surface area is 80.8 Å². The van der Waals surface area contributed by atoms with E-state index in [2.05, 4.69) is 18.8 Å². The second-order valence-electron chi connectivity index (χ2n) is 3.07. The minimum Gasteiger partial charge on any atom is -0.345 e. The molecule has 0 aromatic heterocycles. The van der Waals surface area contributed by atoms with Crippen LogP contribution in [-0.2, 0) is 4.79 Å². The highest BCUT2D eigenvalue weighted by molar-refractivity contribution is 5.46. The zero-order valence-electron chi connectivity index (χ0n) is 8.62. The van der Waals surface area contributed by atoms with Crippen LogP contribution in [0.1, 0.15) is 20.3 Å². The Kier molecular flexibility index (Phi) is 7.30. The van der Waals surface area contributed by atoms with Gasteiger partial charge in [-0.15, -0.1) is 6.58 Å². The molecule has 1 amide bonds. The summed E-state index contributed by atoms with van der Waals surface area (Å²) in [6, 6.07) is 0.353. The summed E-state index contributed by atoms with van der Waals surface area (Å²) >= 11 is 0. The maximum absolute atomic E-state index is 10.4. The highest BCUT2D eigenvalue weighted by Gasteiger charge is 1.98. The fourth-order valence-electron chi connectivity index (χ4n) is 0.981. The van der Waals surface area contributed by atoms with Crippen molar-refractivity contribution in [2.24, 2.45) is 0 Å². The summed E-state index contributed by atoms with van der Waals surface area (Å²) in [6.07, 6.45) is 3.76. The summed E-state index contributed by atoms with van der Waals surface area (Å²) in [4.78, 5) is 12.2. The molecule has 0 aromatic carbocycles. The van der Waals surface area contributed by atoms with E-state index in [1.807, 2.05) is 13.0 Å². The lowest BCUT2D eigenvalue weighted by atomic mass is 10.3. The fourth-order valence-corrected chi connectivity index (χ4v) is 0.981. The van der Waals surface area contributed by atoms with E-state index >= 15 is 0 Å². The Hall–Kier alpha value is -0.830. The zero-order valence-corrected chi connectivity index (χ0v) is 8.62. The summed E-state index contributed by atoms with van der Waals surface area (Å²) in [7, 11) is 0. The van der Waals surface area contributed by atoms with Gasteiger partial charge in [0.1, 0.15) is 0 Å². The van der Waals surface area contributed by atoms with Crippen molar-refractivity contribution >= 4 is 6.41 Å². The number of nitrogens with zero attached hydrogens (tertiary/aromatic N) is 1. The molecule has 1 atom stereocenters. The Morgan fingerprint density at radius 3 is 2.77 bits per heavy atom. The smallest absolute Gasteiger partial charge is 0.209 e. The maximum atomic E-state index is 10.4. The molecule has 0 fully saturated rings. The van der Waals surface area contributed by atoms with Crippen molar-refractivity contribution in [3.05, 3.63) is 12.7 Å². The van der Waals surface area contributed by atoms with Crippen LogP contribution in [-0.4, -0.2) is 37.0 Å². The predicted molar refractivity (Wildman–Crippen MR) is 55.6 cm³/mol. The lowest BCUT2D eigenvalue weighted by Gasteiger charge is -2.15. The molecule has 3 heteroatoms. The van der Waals surface area contributed by atoms with E-state index in [0.717, 1.165) is 32.5 Å². The van der Waals surface area contributed by atoms with E-state index in [1.54, 1.807) is 4.90 Å². The van der Waals surface area contributed by atoms with Gasteiger partial charge in [0, 0.05) is 19.1 Å². The summed E-state index contributed by atoms with van der Waals surface area (Å²) in [6.45, 7) is 10.3. The molecule has 0 aliphatic carbocycles. The molecule has 1 unspecified atom stereocenters. The second kappa shape index (κ2) is 7.80. The van der Waals surface area contributed by atoms with Gasteiger partial charge in [-0.2, -0.15) is 0 Å². The van der Waals surface area contributed by atoms with Gasteiger partial charge in [0.2, 0.25) is 6.41 Å². The van der Waals surface area contributed by atoms with Crippen LogP contribution in [0.2, 0.25) is 0 Å². The number of hydrogen-bond acceptors (Lipinski definition) is 2. The van der Waals surface area contributed by atoms with Gasteiger partial charge in [-0.1, -0.05) is 6.08 Å². The lowest BCUT2D eigenvalue weighted by Crippen LogP contribution is -2.29. The van der Waals surface area contributed by atoms with Gasteiger partial charge in [-0.3, -0.25) is 4.79 Å². The van der Waals surface area contributed by atoms with Gasteiger partial charge in [-0.25, -0.2) is 0 Å². The van der Waals surface area contributed by atoms with Crippen LogP contribution in [0.5, 0.6) is 0 Å². The van der Waals surface area contributed by atoms with E-state index in [1.165, 1.54) is 0 Å². The molecule has 0 aliphatic heterocycles. The molecule has 76 valence electrons. The second-order valence-corrected chi connectivity index (χ2v) is 3.07. The van der Waals surface area contributed by atoms with E-state index in [0.29, 0.717) is 6.04 Å². The first-order valence-corrected chi connectivity index (χ1v) is 4.79. The minimum atomic E-state index is 0.353. The predicted octanol–water partition coefficient (Wildman–Crippen LogP) is 1.02. The van der Waals surface area contributed by atoms with Crippen molar-refractivity contribution in [3.8, 4) is 0 Å². The third kappa shape index (κ3) is 6.34. The van der Waals surface area contributed by atoms with Crippen molar-refractivity contribution in [2.75, 3.05) is 19.6 Å². The fraction of sp³-hybridized carbons (Fsp3) is 0.700. The molecular weight excluding hydrogens is 164 g/mol. The first kappa shape index (κ1) is 12.2. The Morgan fingerprint density at radius 2 is 2.31 bits per heavy atom. The molecule has 0 aromatic rings. The van der Waals surface area contributed by atoms with Crippen molar-refractivity contribution in [1.82, 2.24) is 10.2 Å². The first-order chi connectivity index (χ1) is 6.24. The third-order valence-electron chi connectivity index (χ3n) is 2.00. The molecule has 0 spiro atoms. The monoisotopic (exact) mass is 184 g/mol. The lowest BCUT2D eigenvalue weighted by molar-refractivity contribution is -0.118. The minimum absolute atomic E-state index is 0.353. The number of carbonyl (C=O) groups is 1. The molecule has 0 bridgehead atoms. The highest BCUT2D eigenvalue weighted by Crippen LogP contribution is 1.87. The highest BCUT2D eigenvalue weighted by atomic mass is 16.1. The topological polar surface area (TPSA) is 32.3 Å². The standard InChI is InChI=1S/C10H20N2O/c1-4-10(3)11-7-6-8-12(5-2)9-13/h4,9-11H,1,5-8H2,2-3H3. The molecule has 13 heavy (non-hydrogen) atoms. The summed E-state index contributed by atoms with van der Waals surface area (Å²) in [5.74, 6) is 0. The van der Waals surface area contributed by atoms with Gasteiger partial charge in [0.15, 0.2) is 0 Å². The molecule has 0 saturated heterocycles. The van der Waals surface area contributed by atoms with Gasteiger partial charge in [-0.05, 0) is 26.8 Å². The van der Waals surface area contributed by atoms with Crippen LogP contribution in [0, 0.1) is 0 Å². The number of amides is 1. The van der Waals surface area contributed by atoms with E-state index < -0.39 is 0 Å². The average Bonchev–Trinajstić information content (AvgIpc) is 2.18. The normalized spacial score (nSPS) is 12.2. The molecule has 3 nitrogen and oxygen atoms in total. The number of hydrogen-bond donors (Lipinski definition) is 1. The van der Waals surface area contributed by atoms with Crippen LogP contribution in [0.15, 0.2) is 12.7 Å². The molecule has 0 heterocycles. The first-order valence-electron chi connectivity index (χ1n) is 4.79. The number of rotatable bonds is 8. The number of carbonyl (C=O) groups excluding carboxylic acids is 1. The number of nitrogens with one attached hydrogen (secondary N) is 1. The Morgan fingerprint density at radius 1 is 1.62 bits per heavy atom. The van der Waals surface area contributed by atoms with Gasteiger partial charge >= 0.3 is 0 Å². The van der Waals surface area contributed by atoms with Crippen molar-refractivity contribution in [1.29, 1.82) is 0 Å². The molecule has 0 saturated carbocycles. The molecular formula is C10H20N2O. The average molecular weight is 184 g/mol. The summed E-state index contributed by atoms with van der Waals surface area (Å²) < 4.78 is 0. The molecule has 0 aliphatic rings. The van der Waals surface area contributed by atoms with Crippen LogP contribution >= 0.6 is 0 Å². The third-order valence-corrected chi connectivity index (χ3v) is 2.00. The van der Waals surface area contributed by atoms with E-state index in [4.69, 9.17) is 0 Å². The van der Waals surface area contributed by atoms with E-state index in [9.17, 15) is 4.79 Å². The van der Waals surface area contributed by atoms with Crippen LogP contribution in [0.3, 0.4) is 0 Å². The SMILES string of the molecule is C=CC(C)NCCCN(C=O)CC.